The van der Waals surface area contributed by atoms with Crippen molar-refractivity contribution in [2.24, 2.45) is 27.9 Å². The van der Waals surface area contributed by atoms with E-state index in [9.17, 15) is 34.2 Å². The van der Waals surface area contributed by atoms with Crippen LogP contribution in [-0.2, 0) is 24.0 Å². The van der Waals surface area contributed by atoms with E-state index in [1.54, 1.807) is 6.26 Å². The van der Waals surface area contributed by atoms with Gasteiger partial charge in [-0.15, -0.1) is 0 Å². The zero-order valence-electron chi connectivity index (χ0n) is 18.9. The molecule has 34 heavy (non-hydrogen) atoms. The number of aliphatic hydroxyl groups is 1. The molecule has 0 bridgehead atoms. The van der Waals surface area contributed by atoms with Crippen LogP contribution in [0, 0.1) is 0 Å². The van der Waals surface area contributed by atoms with E-state index in [0.29, 0.717) is 5.75 Å². The lowest BCUT2D eigenvalue weighted by Gasteiger charge is -2.24. The summed E-state index contributed by atoms with van der Waals surface area (Å²) in [5.41, 5.74) is 20.9. The van der Waals surface area contributed by atoms with Crippen molar-refractivity contribution in [3.8, 4) is 0 Å². The van der Waals surface area contributed by atoms with Crippen LogP contribution in [0.1, 0.15) is 25.7 Å². The van der Waals surface area contributed by atoms with Gasteiger partial charge in [0.05, 0.1) is 19.1 Å². The van der Waals surface area contributed by atoms with Crippen molar-refractivity contribution in [2.75, 3.05) is 25.2 Å². The predicted molar refractivity (Wildman–Crippen MR) is 125 cm³/mol. The van der Waals surface area contributed by atoms with Gasteiger partial charge in [-0.05, 0) is 31.3 Å². The zero-order chi connectivity index (χ0) is 26.3. The molecular formula is C18H34N8O7S. The van der Waals surface area contributed by atoms with Crippen molar-refractivity contribution in [2.45, 2.75) is 49.9 Å². The monoisotopic (exact) mass is 506 g/mol. The number of guanidine groups is 1. The van der Waals surface area contributed by atoms with Gasteiger partial charge in [0.2, 0.25) is 23.6 Å². The van der Waals surface area contributed by atoms with E-state index in [4.69, 9.17) is 22.9 Å². The molecule has 0 aliphatic rings. The number of carboxylic acids is 1. The highest BCUT2D eigenvalue weighted by Gasteiger charge is 2.30. The maximum Gasteiger partial charge on any atom is 0.326 e. The van der Waals surface area contributed by atoms with Crippen molar-refractivity contribution >= 4 is 47.3 Å². The molecule has 13 N–H and O–H groups in total. The second kappa shape index (κ2) is 16.5. The van der Waals surface area contributed by atoms with Gasteiger partial charge in [-0.25, -0.2) is 4.79 Å². The summed E-state index contributed by atoms with van der Waals surface area (Å²) in [4.78, 5) is 63.5. The molecule has 0 fully saturated rings. The Morgan fingerprint density at radius 1 is 0.912 bits per heavy atom. The van der Waals surface area contributed by atoms with E-state index in [0.717, 1.165) is 0 Å². The number of thioether (sulfide) groups is 1. The molecule has 194 valence electrons. The lowest BCUT2D eigenvalue weighted by atomic mass is 10.1. The van der Waals surface area contributed by atoms with Gasteiger partial charge in [0.25, 0.3) is 0 Å². The fraction of sp³-hybridized carbons (Fsp3) is 0.667. The molecule has 16 heteroatoms. The summed E-state index contributed by atoms with van der Waals surface area (Å²) < 4.78 is 0. The molecule has 15 nitrogen and oxygen atoms in total. The van der Waals surface area contributed by atoms with Crippen molar-refractivity contribution in [3.05, 3.63) is 0 Å². The molecule has 0 rings (SSSR count). The van der Waals surface area contributed by atoms with Gasteiger partial charge in [0.15, 0.2) is 5.96 Å². The number of nitrogens with one attached hydrogen (secondary N) is 3. The van der Waals surface area contributed by atoms with Gasteiger partial charge in [-0.1, -0.05) is 0 Å². The molecule has 0 radical (unpaired) electrons. The maximum atomic E-state index is 12.7. The largest absolute Gasteiger partial charge is 0.480 e. The number of hydrogen-bond acceptors (Lipinski definition) is 9. The van der Waals surface area contributed by atoms with Gasteiger partial charge >= 0.3 is 5.97 Å². The Bertz CT molecular complexity index is 748. The van der Waals surface area contributed by atoms with E-state index < -0.39 is 66.8 Å². The summed E-state index contributed by atoms with van der Waals surface area (Å²) in [6.07, 6.45) is 1.77. The Balaban J connectivity index is 5.21. The van der Waals surface area contributed by atoms with Gasteiger partial charge in [-0.3, -0.25) is 24.2 Å². The molecule has 4 atom stereocenters. The van der Waals surface area contributed by atoms with Crippen LogP contribution < -0.4 is 38.9 Å². The standard InChI is InChI=1S/C18H34N8O7S/c1-34-6-4-10(15(30)25-11(17(32)33)3-2-5-23-18(21)22)24-16(31)12(8-27)26-14(29)9(19)7-13(20)28/h9-12,27H,2-8,19H2,1H3,(H2,20,28)(H,24,31)(H,25,30)(H,26,29)(H,32,33)(H4,21,22,23). The fourth-order valence-electron chi connectivity index (χ4n) is 2.59. The zero-order valence-corrected chi connectivity index (χ0v) is 19.7. The molecule has 0 spiro atoms. The van der Waals surface area contributed by atoms with Crippen molar-refractivity contribution < 1.29 is 34.2 Å². The lowest BCUT2D eigenvalue weighted by Crippen LogP contribution is -2.58. The Kier molecular flexibility index (Phi) is 15.0. The van der Waals surface area contributed by atoms with Crippen LogP contribution in [0.15, 0.2) is 4.99 Å². The highest BCUT2D eigenvalue weighted by atomic mass is 32.2. The second-order valence-electron chi connectivity index (χ2n) is 7.21. The number of nitrogens with two attached hydrogens (primary N) is 4. The second-order valence-corrected chi connectivity index (χ2v) is 8.20. The van der Waals surface area contributed by atoms with Crippen molar-refractivity contribution in [1.82, 2.24) is 16.0 Å². The van der Waals surface area contributed by atoms with E-state index in [1.165, 1.54) is 11.8 Å². The molecule has 0 aliphatic carbocycles. The Hall–Kier alpha value is -3.11. The minimum absolute atomic E-state index is 0.0358. The van der Waals surface area contributed by atoms with Crippen LogP contribution in [0.5, 0.6) is 0 Å². The summed E-state index contributed by atoms with van der Waals surface area (Å²) in [6.45, 7) is -0.648. The number of primary amides is 1. The van der Waals surface area contributed by atoms with Crippen LogP contribution in [0.4, 0.5) is 0 Å². The molecule has 0 saturated heterocycles. The Morgan fingerprint density at radius 2 is 1.47 bits per heavy atom. The molecular weight excluding hydrogens is 472 g/mol. The third-order valence-electron chi connectivity index (χ3n) is 4.38. The third-order valence-corrected chi connectivity index (χ3v) is 5.02. The number of aliphatic hydroxyl groups excluding tert-OH is 1. The van der Waals surface area contributed by atoms with E-state index >= 15 is 0 Å². The number of rotatable bonds is 17. The topological polar surface area (TPSA) is 278 Å². The molecule has 0 aromatic heterocycles. The molecule has 0 aromatic carbocycles. The summed E-state index contributed by atoms with van der Waals surface area (Å²) in [5, 5.41) is 25.8. The lowest BCUT2D eigenvalue weighted by molar-refractivity contribution is -0.142. The number of carbonyl (C=O) groups is 5. The van der Waals surface area contributed by atoms with Gasteiger partial charge in [-0.2, -0.15) is 11.8 Å². The van der Waals surface area contributed by atoms with Gasteiger partial charge in [0, 0.05) is 6.54 Å². The molecule has 4 amide bonds. The molecule has 0 aromatic rings. The highest BCUT2D eigenvalue weighted by Crippen LogP contribution is 2.05. The summed E-state index contributed by atoms with van der Waals surface area (Å²) >= 11 is 1.39. The number of carboxylic acid groups (broad SMARTS) is 1. The third kappa shape index (κ3) is 12.8. The van der Waals surface area contributed by atoms with E-state index in [2.05, 4.69) is 20.9 Å². The van der Waals surface area contributed by atoms with Crippen LogP contribution in [0.2, 0.25) is 0 Å². The number of nitrogens with zero attached hydrogens (tertiary/aromatic N) is 1. The van der Waals surface area contributed by atoms with E-state index in [1.807, 2.05) is 0 Å². The number of aliphatic carboxylic acids is 1. The van der Waals surface area contributed by atoms with Gasteiger partial charge in [0.1, 0.15) is 18.1 Å². The highest BCUT2D eigenvalue weighted by molar-refractivity contribution is 7.98. The molecule has 4 unspecified atom stereocenters. The first-order valence-electron chi connectivity index (χ1n) is 10.3. The quantitative estimate of drug-likeness (QED) is 0.0515. The first kappa shape index (κ1) is 30.9. The summed E-state index contributed by atoms with van der Waals surface area (Å²) in [5.74, 6) is -4.36. The Morgan fingerprint density at radius 3 is 1.97 bits per heavy atom. The molecule has 0 aliphatic heterocycles. The first-order valence-corrected chi connectivity index (χ1v) is 11.6. The van der Waals surface area contributed by atoms with Crippen LogP contribution in [0.25, 0.3) is 0 Å². The minimum atomic E-state index is -1.47. The predicted octanol–water partition coefficient (Wildman–Crippen LogP) is -4.47. The van der Waals surface area contributed by atoms with E-state index in [-0.39, 0.29) is 31.8 Å². The van der Waals surface area contributed by atoms with Crippen molar-refractivity contribution in [1.29, 1.82) is 0 Å². The molecule has 0 saturated carbocycles. The smallest absolute Gasteiger partial charge is 0.326 e. The van der Waals surface area contributed by atoms with Crippen LogP contribution >= 0.6 is 11.8 Å². The number of hydrogen-bond donors (Lipinski definition) is 9. The normalized spacial score (nSPS) is 14.1. The minimum Gasteiger partial charge on any atom is -0.480 e. The van der Waals surface area contributed by atoms with Gasteiger partial charge < -0.3 is 49.1 Å². The molecule has 0 heterocycles. The van der Waals surface area contributed by atoms with Crippen LogP contribution in [0.3, 0.4) is 0 Å². The number of amides is 4. The SMILES string of the molecule is CSCCC(NC(=O)C(CO)NC(=O)C(N)CC(N)=O)C(=O)NC(CCCN=C(N)N)C(=O)O. The fourth-order valence-corrected chi connectivity index (χ4v) is 3.06. The number of aliphatic imine (C=N–C) groups is 1. The average Bonchev–Trinajstić information content (AvgIpc) is 2.75. The van der Waals surface area contributed by atoms with Crippen LogP contribution in [-0.4, -0.2) is 95.1 Å². The average molecular weight is 507 g/mol. The summed E-state index contributed by atoms with van der Waals surface area (Å²) in [6, 6.07) is -5.20. The maximum absolute atomic E-state index is 12.7. The Labute approximate surface area is 200 Å². The summed E-state index contributed by atoms with van der Waals surface area (Å²) in [7, 11) is 0. The first-order chi connectivity index (χ1) is 15.9. The number of carbonyl (C=O) groups excluding carboxylic acids is 4. The van der Waals surface area contributed by atoms with Crippen molar-refractivity contribution in [3.63, 3.8) is 0 Å².